The van der Waals surface area contributed by atoms with Gasteiger partial charge < -0.3 is 14.3 Å². The van der Waals surface area contributed by atoms with E-state index >= 15 is 0 Å². The number of amides is 1. The molecule has 3 heterocycles. The molecule has 4 nitrogen and oxygen atoms in total. The van der Waals surface area contributed by atoms with Crippen LogP contribution in [0.2, 0.25) is 0 Å². The third kappa shape index (κ3) is 3.56. The summed E-state index contributed by atoms with van der Waals surface area (Å²) in [5, 5.41) is 5.17. The molecule has 0 fully saturated rings. The summed E-state index contributed by atoms with van der Waals surface area (Å²) in [6.45, 7) is 10.7. The quantitative estimate of drug-likeness (QED) is 0.705. The molecule has 132 valence electrons. The largest absolute Gasteiger partial charge is 0.466 e. The monoisotopic (exact) mass is 356 g/mol. The van der Waals surface area contributed by atoms with E-state index in [-0.39, 0.29) is 11.9 Å². The number of aryl methyl sites for hydroxylation is 3. The summed E-state index contributed by atoms with van der Waals surface area (Å²) in [7, 11) is 0. The van der Waals surface area contributed by atoms with Crippen LogP contribution < -0.4 is 5.32 Å². The number of hydrogen-bond acceptors (Lipinski definition) is 3. The lowest BCUT2D eigenvalue weighted by Gasteiger charge is -2.14. The summed E-state index contributed by atoms with van der Waals surface area (Å²) < 4.78 is 7.77. The molecule has 0 saturated heterocycles. The minimum atomic E-state index is -0.0923. The molecule has 1 unspecified atom stereocenters. The van der Waals surface area contributed by atoms with E-state index in [1.165, 1.54) is 4.88 Å². The molecule has 25 heavy (non-hydrogen) atoms. The summed E-state index contributed by atoms with van der Waals surface area (Å²) in [6, 6.07) is 8.04. The van der Waals surface area contributed by atoms with Crippen LogP contribution in [-0.4, -0.2) is 10.5 Å². The molecule has 5 heteroatoms. The summed E-state index contributed by atoms with van der Waals surface area (Å²) in [5.74, 6) is 1.67. The van der Waals surface area contributed by atoms with Gasteiger partial charge in [0.25, 0.3) is 5.91 Å². The molecule has 3 aromatic heterocycles. The van der Waals surface area contributed by atoms with Crippen molar-refractivity contribution in [3.05, 3.63) is 68.6 Å². The summed E-state index contributed by atoms with van der Waals surface area (Å²) >= 11 is 1.73. The second kappa shape index (κ2) is 6.92. The highest BCUT2D eigenvalue weighted by Crippen LogP contribution is 2.23. The molecule has 0 spiro atoms. The number of carbonyl (C=O) groups excluding carboxylic acids is 1. The SMILES string of the molecule is Cc1cc(C(C)NC(=O)c2cc(C)n(Cc3cccs3)c2C)c(C)o1. The molecule has 1 N–H and O–H groups in total. The van der Waals surface area contributed by atoms with E-state index in [2.05, 4.69) is 27.4 Å². The van der Waals surface area contributed by atoms with Gasteiger partial charge in [0.05, 0.1) is 18.2 Å². The van der Waals surface area contributed by atoms with Crippen LogP contribution in [0.3, 0.4) is 0 Å². The Bertz CT molecular complexity index is 887. The van der Waals surface area contributed by atoms with Gasteiger partial charge in [0, 0.05) is 21.8 Å². The number of nitrogens with zero attached hydrogens (tertiary/aromatic N) is 1. The maximum absolute atomic E-state index is 12.8. The first-order valence-electron chi connectivity index (χ1n) is 8.43. The molecule has 0 aliphatic carbocycles. The van der Waals surface area contributed by atoms with Crippen molar-refractivity contribution in [3.63, 3.8) is 0 Å². The zero-order valence-electron chi connectivity index (χ0n) is 15.3. The summed E-state index contributed by atoms with van der Waals surface area (Å²) in [5.41, 5.74) is 3.85. The van der Waals surface area contributed by atoms with Gasteiger partial charge in [-0.05, 0) is 58.2 Å². The van der Waals surface area contributed by atoms with Crippen molar-refractivity contribution in [1.82, 2.24) is 9.88 Å². The van der Waals surface area contributed by atoms with E-state index in [4.69, 9.17) is 4.42 Å². The fraction of sp³-hybridized carbons (Fsp3) is 0.350. The molecule has 3 rings (SSSR count). The second-order valence-electron chi connectivity index (χ2n) is 6.51. The van der Waals surface area contributed by atoms with Gasteiger partial charge in [-0.1, -0.05) is 6.07 Å². The van der Waals surface area contributed by atoms with Crippen LogP contribution in [0.25, 0.3) is 0 Å². The maximum atomic E-state index is 12.8. The number of furan rings is 1. The average molecular weight is 356 g/mol. The Kier molecular flexibility index (Phi) is 4.86. The average Bonchev–Trinajstić information content (AvgIpc) is 3.24. The van der Waals surface area contributed by atoms with Crippen LogP contribution in [0.5, 0.6) is 0 Å². The fourth-order valence-electron chi connectivity index (χ4n) is 3.27. The van der Waals surface area contributed by atoms with E-state index in [0.717, 1.165) is 40.6 Å². The van der Waals surface area contributed by atoms with Gasteiger partial charge in [0.1, 0.15) is 11.5 Å². The Labute approximate surface area is 152 Å². The molecule has 0 aromatic carbocycles. The number of nitrogens with one attached hydrogen (secondary N) is 1. The fourth-order valence-corrected chi connectivity index (χ4v) is 3.96. The molecule has 0 aliphatic heterocycles. The highest BCUT2D eigenvalue weighted by Gasteiger charge is 2.20. The Hall–Kier alpha value is -2.27. The normalized spacial score (nSPS) is 12.4. The third-order valence-corrected chi connectivity index (χ3v) is 5.47. The molecular weight excluding hydrogens is 332 g/mol. The Morgan fingerprint density at radius 1 is 1.28 bits per heavy atom. The van der Waals surface area contributed by atoms with E-state index in [1.54, 1.807) is 11.3 Å². The molecule has 0 saturated carbocycles. The lowest BCUT2D eigenvalue weighted by Crippen LogP contribution is -2.27. The molecule has 1 amide bonds. The maximum Gasteiger partial charge on any atom is 0.253 e. The second-order valence-corrected chi connectivity index (χ2v) is 7.55. The topological polar surface area (TPSA) is 47.2 Å². The van der Waals surface area contributed by atoms with E-state index in [0.29, 0.717) is 0 Å². The van der Waals surface area contributed by atoms with Gasteiger partial charge in [-0.2, -0.15) is 0 Å². The third-order valence-electron chi connectivity index (χ3n) is 4.61. The lowest BCUT2D eigenvalue weighted by molar-refractivity contribution is 0.0939. The lowest BCUT2D eigenvalue weighted by atomic mass is 10.1. The summed E-state index contributed by atoms with van der Waals surface area (Å²) in [4.78, 5) is 14.1. The predicted molar refractivity (Wildman–Crippen MR) is 101 cm³/mol. The van der Waals surface area contributed by atoms with Crippen molar-refractivity contribution in [1.29, 1.82) is 0 Å². The number of thiophene rings is 1. The molecule has 0 bridgehead atoms. The van der Waals surface area contributed by atoms with Crippen LogP contribution in [0.1, 0.15) is 56.7 Å². The van der Waals surface area contributed by atoms with Gasteiger partial charge in [-0.25, -0.2) is 0 Å². The van der Waals surface area contributed by atoms with Gasteiger partial charge in [0.2, 0.25) is 0 Å². The first kappa shape index (κ1) is 17.5. The Morgan fingerprint density at radius 3 is 2.64 bits per heavy atom. The molecule has 3 aromatic rings. The standard InChI is InChI=1S/C20H24N2O2S/c1-12-9-19(15(4)22(12)11-17-7-6-8-25-17)20(23)21-14(3)18-10-13(2)24-16(18)5/h6-10,14H,11H2,1-5H3,(H,21,23). The molecule has 0 aliphatic rings. The van der Waals surface area contributed by atoms with Crippen molar-refractivity contribution in [3.8, 4) is 0 Å². The van der Waals surface area contributed by atoms with E-state index < -0.39 is 0 Å². The van der Waals surface area contributed by atoms with Crippen LogP contribution in [0.15, 0.2) is 34.1 Å². The first-order valence-corrected chi connectivity index (χ1v) is 9.31. The number of rotatable bonds is 5. The van der Waals surface area contributed by atoms with E-state index in [1.807, 2.05) is 46.8 Å². The van der Waals surface area contributed by atoms with Gasteiger partial charge >= 0.3 is 0 Å². The number of carbonyl (C=O) groups is 1. The van der Waals surface area contributed by atoms with Crippen molar-refractivity contribution in [2.24, 2.45) is 0 Å². The minimum Gasteiger partial charge on any atom is -0.466 e. The van der Waals surface area contributed by atoms with Crippen LogP contribution >= 0.6 is 11.3 Å². The van der Waals surface area contributed by atoms with Crippen LogP contribution in [0.4, 0.5) is 0 Å². The van der Waals surface area contributed by atoms with E-state index in [9.17, 15) is 4.79 Å². The minimum absolute atomic E-state index is 0.0451. The van der Waals surface area contributed by atoms with Gasteiger partial charge in [-0.15, -0.1) is 11.3 Å². The molecule has 1 atom stereocenters. The van der Waals surface area contributed by atoms with Crippen molar-refractivity contribution >= 4 is 17.2 Å². The zero-order valence-corrected chi connectivity index (χ0v) is 16.2. The van der Waals surface area contributed by atoms with Crippen LogP contribution in [0, 0.1) is 27.7 Å². The van der Waals surface area contributed by atoms with Gasteiger partial charge in [-0.3, -0.25) is 4.79 Å². The first-order chi connectivity index (χ1) is 11.9. The van der Waals surface area contributed by atoms with Crippen molar-refractivity contribution in [2.75, 3.05) is 0 Å². The van der Waals surface area contributed by atoms with Gasteiger partial charge in [0.15, 0.2) is 0 Å². The number of hydrogen-bond donors (Lipinski definition) is 1. The zero-order chi connectivity index (χ0) is 18.1. The number of aromatic nitrogens is 1. The van der Waals surface area contributed by atoms with Crippen molar-refractivity contribution < 1.29 is 9.21 Å². The summed E-state index contributed by atoms with van der Waals surface area (Å²) in [6.07, 6.45) is 0. The predicted octanol–water partition coefficient (Wildman–Crippen LogP) is 4.92. The molecule has 0 radical (unpaired) electrons. The van der Waals surface area contributed by atoms with Crippen molar-refractivity contribution in [2.45, 2.75) is 47.2 Å². The highest BCUT2D eigenvalue weighted by atomic mass is 32.1. The van der Waals surface area contributed by atoms with Crippen LogP contribution in [-0.2, 0) is 6.54 Å². The smallest absolute Gasteiger partial charge is 0.253 e. The molecular formula is C20H24N2O2S. The Balaban J connectivity index is 1.79. The Morgan fingerprint density at radius 2 is 2.04 bits per heavy atom. The highest BCUT2D eigenvalue weighted by molar-refractivity contribution is 7.09.